The quantitative estimate of drug-likeness (QED) is 0.257. The van der Waals surface area contributed by atoms with Crippen LogP contribution in [0.3, 0.4) is 0 Å². The van der Waals surface area contributed by atoms with E-state index in [1.807, 2.05) is 18.2 Å². The van der Waals surface area contributed by atoms with Crippen molar-refractivity contribution in [2.75, 3.05) is 19.9 Å². The SMILES string of the molecule is CCCCCOC(=O)CCCN1C(=O)/C(=C/c2ccc3c(c2)OCO3)SC1=S. The van der Waals surface area contributed by atoms with Crippen LogP contribution in [0.25, 0.3) is 6.08 Å². The maximum absolute atomic E-state index is 12.7. The van der Waals surface area contributed by atoms with Gasteiger partial charge in [0.05, 0.1) is 11.5 Å². The van der Waals surface area contributed by atoms with E-state index in [2.05, 4.69) is 6.92 Å². The fourth-order valence-corrected chi connectivity index (χ4v) is 4.15. The molecule has 0 N–H and O–H groups in total. The van der Waals surface area contributed by atoms with Gasteiger partial charge in [0.2, 0.25) is 6.79 Å². The first-order chi connectivity index (χ1) is 13.6. The topological polar surface area (TPSA) is 65.1 Å². The second-order valence-electron chi connectivity index (χ2n) is 6.48. The van der Waals surface area contributed by atoms with Crippen LogP contribution in [0.4, 0.5) is 0 Å². The zero-order valence-electron chi connectivity index (χ0n) is 15.8. The summed E-state index contributed by atoms with van der Waals surface area (Å²) < 4.78 is 16.4. The molecule has 28 heavy (non-hydrogen) atoms. The van der Waals surface area contributed by atoms with Gasteiger partial charge in [-0.3, -0.25) is 14.5 Å². The first kappa shape index (κ1) is 20.7. The van der Waals surface area contributed by atoms with Crippen LogP contribution in [0.15, 0.2) is 23.1 Å². The van der Waals surface area contributed by atoms with Crippen LogP contribution >= 0.6 is 24.0 Å². The first-order valence-corrected chi connectivity index (χ1v) is 10.6. The van der Waals surface area contributed by atoms with Gasteiger partial charge in [-0.25, -0.2) is 0 Å². The van der Waals surface area contributed by atoms with Gasteiger partial charge in [0, 0.05) is 13.0 Å². The van der Waals surface area contributed by atoms with E-state index in [1.54, 1.807) is 11.0 Å². The lowest BCUT2D eigenvalue weighted by Gasteiger charge is -2.13. The Labute approximate surface area is 174 Å². The van der Waals surface area contributed by atoms with Gasteiger partial charge in [-0.2, -0.15) is 0 Å². The van der Waals surface area contributed by atoms with Crippen molar-refractivity contribution in [1.82, 2.24) is 4.90 Å². The summed E-state index contributed by atoms with van der Waals surface area (Å²) in [5, 5.41) is 0. The van der Waals surface area contributed by atoms with Crippen LogP contribution in [-0.4, -0.2) is 41.0 Å². The molecule has 6 nitrogen and oxygen atoms in total. The number of hydrogen-bond acceptors (Lipinski definition) is 7. The molecule has 0 unspecified atom stereocenters. The lowest BCUT2D eigenvalue weighted by molar-refractivity contribution is -0.144. The van der Waals surface area contributed by atoms with Gasteiger partial charge < -0.3 is 14.2 Å². The number of benzene rings is 1. The molecule has 0 spiro atoms. The number of ether oxygens (including phenoxy) is 3. The van der Waals surface area contributed by atoms with Crippen LogP contribution < -0.4 is 9.47 Å². The highest BCUT2D eigenvalue weighted by Gasteiger charge is 2.31. The molecule has 1 amide bonds. The van der Waals surface area contributed by atoms with Crippen molar-refractivity contribution in [2.45, 2.75) is 39.0 Å². The molecular weight excluding hydrogens is 398 g/mol. The minimum atomic E-state index is -0.225. The number of amides is 1. The molecular formula is C20H23NO5S2. The standard InChI is InChI=1S/C20H23NO5S2/c1-2-3-4-10-24-18(22)6-5-9-21-19(23)17(28-20(21)27)12-14-7-8-15-16(11-14)26-13-25-15/h7-8,11-12H,2-6,9-10,13H2,1H3/b17-12-. The van der Waals surface area contributed by atoms with Crippen molar-refractivity contribution in [3.8, 4) is 11.5 Å². The highest BCUT2D eigenvalue weighted by molar-refractivity contribution is 8.26. The summed E-state index contributed by atoms with van der Waals surface area (Å²) in [5.74, 6) is 1.01. The third-order valence-electron chi connectivity index (χ3n) is 4.34. The number of carbonyl (C=O) groups excluding carboxylic acids is 2. The number of hydrogen-bond donors (Lipinski definition) is 0. The van der Waals surface area contributed by atoms with Crippen LogP contribution in [0.5, 0.6) is 11.5 Å². The van der Waals surface area contributed by atoms with Crippen LogP contribution in [0.1, 0.15) is 44.6 Å². The maximum Gasteiger partial charge on any atom is 0.305 e. The summed E-state index contributed by atoms with van der Waals surface area (Å²) in [6.07, 6.45) is 5.64. The number of esters is 1. The third-order valence-corrected chi connectivity index (χ3v) is 5.72. The molecule has 2 aliphatic heterocycles. The number of unbranched alkanes of at least 4 members (excludes halogenated alkanes) is 2. The van der Waals surface area contributed by atoms with Crippen LogP contribution in [0.2, 0.25) is 0 Å². The molecule has 150 valence electrons. The van der Waals surface area contributed by atoms with Crippen molar-refractivity contribution < 1.29 is 23.8 Å². The van der Waals surface area contributed by atoms with Gasteiger partial charge in [0.1, 0.15) is 4.32 Å². The molecule has 2 heterocycles. The molecule has 0 radical (unpaired) electrons. The molecule has 0 atom stereocenters. The molecule has 1 fully saturated rings. The molecule has 1 saturated heterocycles. The van der Waals surface area contributed by atoms with Crippen LogP contribution in [0, 0.1) is 0 Å². The Morgan fingerprint density at radius 2 is 2.11 bits per heavy atom. The summed E-state index contributed by atoms with van der Waals surface area (Å²) in [6, 6.07) is 5.53. The van der Waals surface area contributed by atoms with Crippen molar-refractivity contribution in [1.29, 1.82) is 0 Å². The highest BCUT2D eigenvalue weighted by Crippen LogP contribution is 2.36. The highest BCUT2D eigenvalue weighted by atomic mass is 32.2. The Balaban J connectivity index is 1.50. The summed E-state index contributed by atoms with van der Waals surface area (Å²) in [5.41, 5.74) is 0.848. The average Bonchev–Trinajstić information content (AvgIpc) is 3.24. The summed E-state index contributed by atoms with van der Waals surface area (Å²) in [6.45, 7) is 3.19. The van der Waals surface area contributed by atoms with Crippen LogP contribution in [-0.2, 0) is 14.3 Å². The minimum Gasteiger partial charge on any atom is -0.466 e. The van der Waals surface area contributed by atoms with E-state index in [1.165, 1.54) is 11.8 Å². The maximum atomic E-state index is 12.7. The summed E-state index contributed by atoms with van der Waals surface area (Å²) in [7, 11) is 0. The first-order valence-electron chi connectivity index (χ1n) is 9.39. The largest absolute Gasteiger partial charge is 0.466 e. The predicted octanol–water partition coefficient (Wildman–Crippen LogP) is 4.13. The Hall–Kier alpha value is -2.06. The molecule has 2 aliphatic rings. The number of carbonyl (C=O) groups is 2. The minimum absolute atomic E-state index is 0.135. The zero-order chi connectivity index (χ0) is 19.9. The average molecular weight is 422 g/mol. The number of thiocarbonyl (C=S) groups is 1. The van der Waals surface area contributed by atoms with Crippen molar-refractivity contribution in [3.05, 3.63) is 28.7 Å². The number of rotatable bonds is 9. The third kappa shape index (κ3) is 5.26. The van der Waals surface area contributed by atoms with Gasteiger partial charge in [-0.15, -0.1) is 0 Å². The van der Waals surface area contributed by atoms with Crippen molar-refractivity contribution in [2.24, 2.45) is 0 Å². The van der Waals surface area contributed by atoms with E-state index in [0.29, 0.717) is 40.3 Å². The van der Waals surface area contributed by atoms with Gasteiger partial charge in [0.15, 0.2) is 11.5 Å². The molecule has 0 bridgehead atoms. The van der Waals surface area contributed by atoms with E-state index in [4.69, 9.17) is 26.4 Å². The fourth-order valence-electron chi connectivity index (χ4n) is 2.84. The lowest BCUT2D eigenvalue weighted by atomic mass is 10.2. The monoisotopic (exact) mass is 421 g/mol. The molecule has 8 heteroatoms. The van der Waals surface area contributed by atoms with E-state index in [0.717, 1.165) is 24.8 Å². The second-order valence-corrected chi connectivity index (χ2v) is 8.15. The Bertz CT molecular complexity index is 793. The number of fused-ring (bicyclic) bond motifs is 1. The molecule has 1 aromatic carbocycles. The lowest BCUT2D eigenvalue weighted by Crippen LogP contribution is -2.29. The molecule has 0 aromatic heterocycles. The molecule has 3 rings (SSSR count). The summed E-state index contributed by atoms with van der Waals surface area (Å²) >= 11 is 6.60. The molecule has 0 saturated carbocycles. The normalized spacial score (nSPS) is 16.9. The van der Waals surface area contributed by atoms with E-state index in [-0.39, 0.29) is 25.1 Å². The van der Waals surface area contributed by atoms with E-state index in [9.17, 15) is 9.59 Å². The van der Waals surface area contributed by atoms with Crippen molar-refractivity contribution >= 4 is 46.3 Å². The molecule has 1 aromatic rings. The van der Waals surface area contributed by atoms with Gasteiger partial charge in [-0.1, -0.05) is 49.8 Å². The van der Waals surface area contributed by atoms with Gasteiger partial charge in [-0.05, 0) is 36.6 Å². The van der Waals surface area contributed by atoms with E-state index < -0.39 is 0 Å². The zero-order valence-corrected chi connectivity index (χ0v) is 17.4. The number of nitrogens with zero attached hydrogens (tertiary/aromatic N) is 1. The Morgan fingerprint density at radius 1 is 1.29 bits per heavy atom. The van der Waals surface area contributed by atoms with Gasteiger partial charge >= 0.3 is 5.97 Å². The van der Waals surface area contributed by atoms with Gasteiger partial charge in [0.25, 0.3) is 5.91 Å². The predicted molar refractivity (Wildman–Crippen MR) is 112 cm³/mol. The summed E-state index contributed by atoms with van der Waals surface area (Å²) in [4.78, 5) is 26.5. The smallest absolute Gasteiger partial charge is 0.305 e. The van der Waals surface area contributed by atoms with Crippen molar-refractivity contribution in [3.63, 3.8) is 0 Å². The Morgan fingerprint density at radius 3 is 2.93 bits per heavy atom. The second kappa shape index (κ2) is 9.93. The molecule has 0 aliphatic carbocycles. The fraction of sp³-hybridized carbons (Fsp3) is 0.450. The number of thioether (sulfide) groups is 1. The van der Waals surface area contributed by atoms with E-state index >= 15 is 0 Å². The Kier molecular flexibility index (Phi) is 7.33.